The Labute approximate surface area is 180 Å². The second-order valence-electron chi connectivity index (χ2n) is 9.45. The average Bonchev–Trinajstić information content (AvgIpc) is 3.50. The number of carbonyl (C=O) groups excluding carboxylic acids is 1. The van der Waals surface area contributed by atoms with Crippen molar-refractivity contribution in [1.82, 2.24) is 4.31 Å². The van der Waals surface area contributed by atoms with Crippen molar-refractivity contribution in [3.8, 4) is 11.8 Å². The molecule has 0 aromatic heterocycles. The summed E-state index contributed by atoms with van der Waals surface area (Å²) in [6.07, 6.45) is 4.41. The minimum absolute atomic E-state index is 0.129. The molecule has 1 saturated heterocycles. The molecule has 1 aromatic carbocycles. The van der Waals surface area contributed by atoms with Gasteiger partial charge in [0, 0.05) is 25.1 Å². The fraction of sp³-hybridized carbons (Fsp3) is 0.560. The molecule has 2 aliphatic carbocycles. The number of ketones is 1. The normalized spacial score (nSPS) is 24.6. The van der Waals surface area contributed by atoms with Crippen LogP contribution in [0.3, 0.4) is 0 Å². The molecule has 4 rings (SSSR count). The fourth-order valence-corrected chi connectivity index (χ4v) is 7.35. The molecule has 0 amide bonds. The van der Waals surface area contributed by atoms with Crippen LogP contribution in [-0.2, 0) is 14.8 Å². The molecule has 0 bridgehead atoms. The Hall–Kier alpha value is -1.90. The van der Waals surface area contributed by atoms with Crippen molar-refractivity contribution < 1.29 is 13.2 Å². The van der Waals surface area contributed by atoms with Crippen LogP contribution in [0.1, 0.15) is 73.6 Å². The Bertz CT molecular complexity index is 1020. The van der Waals surface area contributed by atoms with E-state index in [1.807, 2.05) is 6.92 Å². The number of nitrogens with zero attached hydrogens (tertiary/aromatic N) is 1. The summed E-state index contributed by atoms with van der Waals surface area (Å²) in [6, 6.07) is 4.12. The van der Waals surface area contributed by atoms with Gasteiger partial charge in [-0.2, -0.15) is 0 Å². The SMILES string of the molecule is C=C1CC2(CCN(S(=O)(=O)C3CC3)CC2)CC(=O)C1c1c(C)cc(C#CC)cc1C. The molecular weight excluding hydrogens is 394 g/mol. The third-order valence-electron chi connectivity index (χ3n) is 7.12. The van der Waals surface area contributed by atoms with Crippen molar-refractivity contribution >= 4 is 15.8 Å². The van der Waals surface area contributed by atoms with Crippen LogP contribution in [0.4, 0.5) is 0 Å². The number of hydrogen-bond donors (Lipinski definition) is 0. The van der Waals surface area contributed by atoms with E-state index in [9.17, 15) is 13.2 Å². The van der Waals surface area contributed by atoms with Gasteiger partial charge in [0.05, 0.1) is 11.2 Å². The highest BCUT2D eigenvalue weighted by molar-refractivity contribution is 7.90. The lowest BCUT2D eigenvalue weighted by molar-refractivity contribution is -0.124. The van der Waals surface area contributed by atoms with Crippen molar-refractivity contribution in [1.29, 1.82) is 0 Å². The molecule has 1 aliphatic heterocycles. The molecule has 0 N–H and O–H groups in total. The smallest absolute Gasteiger partial charge is 0.216 e. The number of allylic oxidation sites excluding steroid dienone is 1. The number of sulfonamides is 1. The number of hydrogen-bond acceptors (Lipinski definition) is 3. The van der Waals surface area contributed by atoms with Crippen molar-refractivity contribution in [3.63, 3.8) is 0 Å². The van der Waals surface area contributed by atoms with Gasteiger partial charge in [-0.05, 0) is 87.1 Å². The Morgan fingerprint density at radius 3 is 2.20 bits per heavy atom. The Morgan fingerprint density at radius 1 is 1.10 bits per heavy atom. The predicted molar refractivity (Wildman–Crippen MR) is 120 cm³/mol. The molecule has 160 valence electrons. The standard InChI is InChI=1S/C25H31NO3S/c1-5-6-20-13-17(2)23(18(3)14-20)24-19(4)15-25(16-22(24)27)9-11-26(12-10-25)30(28,29)21-7-8-21/h13-14,21,24H,4,7-12,15-16H2,1-3H3. The summed E-state index contributed by atoms with van der Waals surface area (Å²) in [5.74, 6) is 6.01. The lowest BCUT2D eigenvalue weighted by Crippen LogP contribution is -2.47. The third kappa shape index (κ3) is 3.76. The van der Waals surface area contributed by atoms with Crippen LogP contribution in [0.2, 0.25) is 0 Å². The van der Waals surface area contributed by atoms with E-state index in [0.717, 1.165) is 59.9 Å². The highest BCUT2D eigenvalue weighted by atomic mass is 32.2. The van der Waals surface area contributed by atoms with E-state index in [2.05, 4.69) is 44.4 Å². The quantitative estimate of drug-likeness (QED) is 0.537. The van der Waals surface area contributed by atoms with E-state index in [1.165, 1.54) is 0 Å². The highest BCUT2D eigenvalue weighted by Crippen LogP contribution is 2.51. The Balaban J connectivity index is 1.53. The molecule has 1 unspecified atom stereocenters. The van der Waals surface area contributed by atoms with E-state index in [1.54, 1.807) is 4.31 Å². The first-order valence-corrected chi connectivity index (χ1v) is 12.4. The van der Waals surface area contributed by atoms with Gasteiger partial charge in [-0.1, -0.05) is 18.1 Å². The number of Topliss-reactive ketones (excluding diaryl/α,β-unsaturated/α-hetero) is 1. The van der Waals surface area contributed by atoms with Gasteiger partial charge in [-0.3, -0.25) is 4.79 Å². The van der Waals surface area contributed by atoms with Crippen LogP contribution in [-0.4, -0.2) is 36.8 Å². The van der Waals surface area contributed by atoms with Crippen LogP contribution >= 0.6 is 0 Å². The number of rotatable bonds is 3. The first-order valence-electron chi connectivity index (χ1n) is 10.9. The summed E-state index contributed by atoms with van der Waals surface area (Å²) in [5, 5.41) is -0.162. The molecule has 1 heterocycles. The van der Waals surface area contributed by atoms with Crippen molar-refractivity contribution in [2.75, 3.05) is 13.1 Å². The third-order valence-corrected chi connectivity index (χ3v) is 9.52. The molecular formula is C25H31NO3S. The van der Waals surface area contributed by atoms with Crippen LogP contribution in [0.25, 0.3) is 0 Å². The maximum Gasteiger partial charge on any atom is 0.216 e. The molecule has 3 aliphatic rings. The van der Waals surface area contributed by atoms with Gasteiger partial charge in [-0.15, -0.1) is 5.92 Å². The zero-order valence-corrected chi connectivity index (χ0v) is 19.1. The maximum atomic E-state index is 13.4. The van der Waals surface area contributed by atoms with Gasteiger partial charge in [0.2, 0.25) is 10.0 Å². The van der Waals surface area contributed by atoms with E-state index in [-0.39, 0.29) is 22.4 Å². The fourth-order valence-electron chi connectivity index (χ4n) is 5.50. The summed E-state index contributed by atoms with van der Waals surface area (Å²) in [5.41, 5.74) is 5.09. The van der Waals surface area contributed by atoms with Crippen molar-refractivity contribution in [2.24, 2.45) is 5.41 Å². The lowest BCUT2D eigenvalue weighted by Gasteiger charge is -2.46. The number of benzene rings is 1. The number of carbonyl (C=O) groups is 1. The minimum atomic E-state index is -3.13. The van der Waals surface area contributed by atoms with Gasteiger partial charge in [0.15, 0.2) is 0 Å². The Kier molecular flexibility index (Phi) is 5.45. The van der Waals surface area contributed by atoms with Gasteiger partial charge in [0.25, 0.3) is 0 Å². The highest BCUT2D eigenvalue weighted by Gasteiger charge is 2.48. The van der Waals surface area contributed by atoms with Crippen molar-refractivity contribution in [3.05, 3.63) is 46.5 Å². The topological polar surface area (TPSA) is 54.5 Å². The second kappa shape index (κ2) is 7.66. The molecule has 2 saturated carbocycles. The van der Waals surface area contributed by atoms with Gasteiger partial charge in [-0.25, -0.2) is 12.7 Å². The summed E-state index contributed by atoms with van der Waals surface area (Å²) >= 11 is 0. The van der Waals surface area contributed by atoms with Crippen LogP contribution < -0.4 is 0 Å². The number of piperidine rings is 1. The predicted octanol–water partition coefficient (Wildman–Crippen LogP) is 4.25. The molecule has 4 nitrogen and oxygen atoms in total. The molecule has 5 heteroatoms. The van der Waals surface area contributed by atoms with Crippen LogP contribution in [0, 0.1) is 31.1 Å². The van der Waals surface area contributed by atoms with Crippen LogP contribution in [0.5, 0.6) is 0 Å². The Morgan fingerprint density at radius 2 is 1.70 bits per heavy atom. The molecule has 3 fully saturated rings. The van der Waals surface area contributed by atoms with E-state index < -0.39 is 10.0 Å². The lowest BCUT2D eigenvalue weighted by atomic mass is 9.62. The van der Waals surface area contributed by atoms with Gasteiger partial charge >= 0.3 is 0 Å². The molecule has 1 aromatic rings. The number of aryl methyl sites for hydroxylation is 2. The molecule has 1 atom stereocenters. The summed E-state index contributed by atoms with van der Waals surface area (Å²) in [4.78, 5) is 13.4. The largest absolute Gasteiger partial charge is 0.299 e. The van der Waals surface area contributed by atoms with Crippen LogP contribution in [0.15, 0.2) is 24.3 Å². The minimum Gasteiger partial charge on any atom is -0.299 e. The molecule has 0 radical (unpaired) electrons. The monoisotopic (exact) mass is 425 g/mol. The van der Waals surface area contributed by atoms with E-state index in [4.69, 9.17) is 0 Å². The second-order valence-corrected chi connectivity index (χ2v) is 11.7. The first kappa shape index (κ1) is 21.3. The molecule has 1 spiro atoms. The van der Waals surface area contributed by atoms with E-state index >= 15 is 0 Å². The first-order chi connectivity index (χ1) is 14.2. The van der Waals surface area contributed by atoms with Gasteiger partial charge in [0.1, 0.15) is 5.78 Å². The maximum absolute atomic E-state index is 13.4. The zero-order valence-electron chi connectivity index (χ0n) is 18.3. The van der Waals surface area contributed by atoms with Crippen molar-refractivity contribution in [2.45, 2.75) is 70.5 Å². The average molecular weight is 426 g/mol. The van der Waals surface area contributed by atoms with E-state index in [0.29, 0.717) is 19.5 Å². The zero-order chi connectivity index (χ0) is 21.7. The summed E-state index contributed by atoms with van der Waals surface area (Å²) in [6.45, 7) is 11.3. The molecule has 30 heavy (non-hydrogen) atoms. The van der Waals surface area contributed by atoms with Gasteiger partial charge < -0.3 is 0 Å². The summed E-state index contributed by atoms with van der Waals surface area (Å²) < 4.78 is 26.8. The summed E-state index contributed by atoms with van der Waals surface area (Å²) in [7, 11) is -3.13.